The molecule has 3 heterocycles. The van der Waals surface area contributed by atoms with Crippen molar-refractivity contribution in [3.05, 3.63) is 22.8 Å². The number of rotatable bonds is 8. The number of hydrogen-bond donors (Lipinski definition) is 3. The maximum atomic E-state index is 12.7. The highest BCUT2D eigenvalue weighted by Crippen LogP contribution is 2.40. The van der Waals surface area contributed by atoms with Crippen LogP contribution in [0, 0.1) is 0 Å². The van der Waals surface area contributed by atoms with Gasteiger partial charge in [0, 0.05) is 10.6 Å². The zero-order valence-corrected chi connectivity index (χ0v) is 17.6. The van der Waals surface area contributed by atoms with E-state index in [0.717, 1.165) is 16.2 Å². The third-order valence-corrected chi connectivity index (χ3v) is 6.18. The SMILES string of the molecule is CC1C=C(C(=O)O)N2C(=O)C(NC(=O)C(=NOCC(F)(F)F)c3csc(NC=O)n3)[C@H]2S1. The van der Waals surface area contributed by atoms with Crippen LogP contribution < -0.4 is 10.6 Å². The number of anilines is 1. The molecule has 3 N–H and O–H groups in total. The molecule has 172 valence electrons. The Morgan fingerprint density at radius 2 is 2.16 bits per heavy atom. The molecule has 0 aromatic carbocycles. The summed E-state index contributed by atoms with van der Waals surface area (Å²) >= 11 is 2.09. The maximum absolute atomic E-state index is 12.7. The van der Waals surface area contributed by atoms with Crippen LogP contribution in [0.5, 0.6) is 0 Å². The van der Waals surface area contributed by atoms with Crippen molar-refractivity contribution < 1.29 is 42.3 Å². The van der Waals surface area contributed by atoms with Crippen LogP contribution in [0.2, 0.25) is 0 Å². The lowest BCUT2D eigenvalue weighted by molar-refractivity contribution is -0.174. The van der Waals surface area contributed by atoms with E-state index in [1.807, 2.05) is 0 Å². The van der Waals surface area contributed by atoms with Gasteiger partial charge in [0.25, 0.3) is 11.8 Å². The van der Waals surface area contributed by atoms with Gasteiger partial charge in [-0.1, -0.05) is 5.16 Å². The van der Waals surface area contributed by atoms with E-state index >= 15 is 0 Å². The number of thioether (sulfide) groups is 1. The highest BCUT2D eigenvalue weighted by molar-refractivity contribution is 8.00. The van der Waals surface area contributed by atoms with Crippen molar-refractivity contribution in [2.24, 2.45) is 5.16 Å². The van der Waals surface area contributed by atoms with E-state index in [1.54, 1.807) is 6.92 Å². The number of alkyl halides is 3. The molecule has 0 bridgehead atoms. The molecule has 11 nitrogen and oxygen atoms in total. The molecule has 1 fully saturated rings. The lowest BCUT2D eigenvalue weighted by Gasteiger charge is -2.49. The molecule has 3 atom stereocenters. The molecule has 3 amide bonds. The Balaban J connectivity index is 1.80. The number of halogens is 3. The van der Waals surface area contributed by atoms with Gasteiger partial charge in [-0.2, -0.15) is 13.2 Å². The third kappa shape index (κ3) is 5.01. The summed E-state index contributed by atoms with van der Waals surface area (Å²) in [6, 6.07) is -1.14. The lowest BCUT2D eigenvalue weighted by Crippen LogP contribution is -2.71. The summed E-state index contributed by atoms with van der Waals surface area (Å²) in [5.74, 6) is -3.07. The maximum Gasteiger partial charge on any atom is 0.425 e. The van der Waals surface area contributed by atoms with Gasteiger partial charge in [0.2, 0.25) is 13.0 Å². The van der Waals surface area contributed by atoms with Crippen LogP contribution in [0.25, 0.3) is 0 Å². The number of amides is 3. The average Bonchev–Trinajstić information content (AvgIpc) is 3.16. The number of nitrogens with one attached hydrogen (secondary N) is 2. The molecular weight excluding hydrogens is 479 g/mol. The minimum Gasteiger partial charge on any atom is -0.477 e. The van der Waals surface area contributed by atoms with E-state index in [1.165, 1.54) is 23.2 Å². The summed E-state index contributed by atoms with van der Waals surface area (Å²) in [6.45, 7) is -0.0619. The van der Waals surface area contributed by atoms with E-state index in [9.17, 15) is 37.5 Å². The van der Waals surface area contributed by atoms with Crippen molar-refractivity contribution in [2.45, 2.75) is 29.8 Å². The molecule has 32 heavy (non-hydrogen) atoms. The molecule has 3 rings (SSSR count). The highest BCUT2D eigenvalue weighted by Gasteiger charge is 2.54. The van der Waals surface area contributed by atoms with Gasteiger partial charge in [0.15, 0.2) is 10.8 Å². The molecule has 1 saturated heterocycles. The van der Waals surface area contributed by atoms with Crippen LogP contribution in [-0.4, -0.2) is 74.3 Å². The fraction of sp³-hybridized carbons (Fsp3) is 0.375. The molecule has 0 saturated carbocycles. The first-order valence-electron chi connectivity index (χ1n) is 8.69. The van der Waals surface area contributed by atoms with Crippen molar-refractivity contribution in [3.63, 3.8) is 0 Å². The minimum absolute atomic E-state index is 0.0464. The van der Waals surface area contributed by atoms with Gasteiger partial charge >= 0.3 is 12.1 Å². The monoisotopic (exact) mass is 493 g/mol. The van der Waals surface area contributed by atoms with E-state index in [2.05, 4.69) is 25.6 Å². The number of carbonyl (C=O) groups excluding carboxylic acids is 3. The zero-order valence-electron chi connectivity index (χ0n) is 16.0. The van der Waals surface area contributed by atoms with E-state index in [4.69, 9.17) is 0 Å². The number of thiazole rings is 1. The normalized spacial score (nSPS) is 22.9. The summed E-state index contributed by atoms with van der Waals surface area (Å²) < 4.78 is 37.2. The van der Waals surface area contributed by atoms with Gasteiger partial charge in [0.1, 0.15) is 22.8 Å². The smallest absolute Gasteiger partial charge is 0.425 e. The number of carboxylic acids is 1. The van der Waals surface area contributed by atoms with Gasteiger partial charge in [-0.15, -0.1) is 23.1 Å². The van der Waals surface area contributed by atoms with E-state index < -0.39 is 47.7 Å². The molecule has 16 heteroatoms. The second kappa shape index (κ2) is 9.15. The molecule has 1 aromatic heterocycles. The van der Waals surface area contributed by atoms with Gasteiger partial charge in [0.05, 0.1) is 0 Å². The van der Waals surface area contributed by atoms with Gasteiger partial charge in [-0.25, -0.2) is 9.78 Å². The summed E-state index contributed by atoms with van der Waals surface area (Å²) in [4.78, 5) is 56.2. The van der Waals surface area contributed by atoms with Gasteiger partial charge < -0.3 is 20.6 Å². The number of aromatic nitrogens is 1. The first kappa shape index (κ1) is 23.5. The summed E-state index contributed by atoms with van der Waals surface area (Å²) in [6.07, 6.45) is -3.00. The Kier molecular flexibility index (Phi) is 6.73. The first-order valence-corrected chi connectivity index (χ1v) is 10.5. The van der Waals surface area contributed by atoms with Crippen LogP contribution in [0.3, 0.4) is 0 Å². The molecule has 0 aliphatic carbocycles. The van der Waals surface area contributed by atoms with Crippen LogP contribution in [0.15, 0.2) is 22.3 Å². The minimum atomic E-state index is -4.71. The Labute approximate surface area is 185 Å². The van der Waals surface area contributed by atoms with Crippen LogP contribution in [-0.2, 0) is 24.0 Å². The second-order valence-corrected chi connectivity index (χ2v) is 8.73. The number of carboxylic acid groups (broad SMARTS) is 1. The van der Waals surface area contributed by atoms with Gasteiger partial charge in [-0.3, -0.25) is 19.3 Å². The highest BCUT2D eigenvalue weighted by atomic mass is 32.2. The number of fused-ring (bicyclic) bond motifs is 1. The second-order valence-electron chi connectivity index (χ2n) is 6.38. The molecule has 2 aliphatic rings. The van der Waals surface area contributed by atoms with Crippen LogP contribution in [0.4, 0.5) is 18.3 Å². The Morgan fingerprint density at radius 1 is 1.44 bits per heavy atom. The van der Waals surface area contributed by atoms with Crippen molar-refractivity contribution >= 4 is 58.1 Å². The summed E-state index contributed by atoms with van der Waals surface area (Å²) in [5, 5.41) is 17.4. The van der Waals surface area contributed by atoms with Crippen molar-refractivity contribution in [1.29, 1.82) is 0 Å². The molecule has 0 radical (unpaired) electrons. The largest absolute Gasteiger partial charge is 0.477 e. The number of oxime groups is 1. The molecular formula is C16H14F3N5O6S2. The standard InChI is InChI=1S/C16H14F3N5O6S2/c1-6-2-8(14(28)29)24-12(27)10(13(24)32-6)22-11(26)9(23-30-4-16(17,18)19)7-3-31-15(21-7)20-5-25/h2-3,5-6,10,13H,4H2,1H3,(H,22,26)(H,28,29)(H,20,21,25)/t6?,10?,13-/m1/s1. The summed E-state index contributed by atoms with van der Waals surface area (Å²) in [7, 11) is 0. The van der Waals surface area contributed by atoms with Crippen LogP contribution >= 0.6 is 23.1 Å². The third-order valence-electron chi connectivity index (χ3n) is 4.08. The van der Waals surface area contributed by atoms with Crippen LogP contribution in [0.1, 0.15) is 12.6 Å². The average molecular weight is 493 g/mol. The predicted octanol–water partition coefficient (Wildman–Crippen LogP) is 0.751. The number of carbonyl (C=O) groups is 4. The molecule has 2 aliphatic heterocycles. The Bertz CT molecular complexity index is 1010. The lowest BCUT2D eigenvalue weighted by atomic mass is 10.0. The molecule has 1 aromatic rings. The molecule has 2 unspecified atom stereocenters. The zero-order chi connectivity index (χ0) is 23.6. The van der Waals surface area contributed by atoms with E-state index in [-0.39, 0.29) is 21.8 Å². The summed E-state index contributed by atoms with van der Waals surface area (Å²) in [5.41, 5.74) is -1.07. The van der Waals surface area contributed by atoms with Gasteiger partial charge in [-0.05, 0) is 13.0 Å². The Morgan fingerprint density at radius 3 is 2.78 bits per heavy atom. The fourth-order valence-electron chi connectivity index (χ4n) is 2.81. The van der Waals surface area contributed by atoms with E-state index in [0.29, 0.717) is 6.41 Å². The van der Waals surface area contributed by atoms with Crippen molar-refractivity contribution in [2.75, 3.05) is 11.9 Å². The number of β-lactam (4-membered cyclic amide) rings is 1. The van der Waals surface area contributed by atoms with Crippen molar-refractivity contribution in [1.82, 2.24) is 15.2 Å². The topological polar surface area (TPSA) is 150 Å². The quantitative estimate of drug-likeness (QED) is 0.208. The number of nitrogens with zero attached hydrogens (tertiary/aromatic N) is 3. The predicted molar refractivity (Wildman–Crippen MR) is 106 cm³/mol. The number of aliphatic carboxylic acids is 1. The fourth-order valence-corrected chi connectivity index (χ4v) is 4.79. The Hall–Kier alpha value is -3.14. The van der Waals surface area contributed by atoms with Crippen molar-refractivity contribution in [3.8, 4) is 0 Å². The first-order chi connectivity index (χ1) is 15.0. The number of hydrogen-bond acceptors (Lipinski definition) is 9. The molecule has 0 spiro atoms.